The Hall–Kier alpha value is -2.02. The van der Waals surface area contributed by atoms with E-state index in [1.165, 1.54) is 0 Å². The summed E-state index contributed by atoms with van der Waals surface area (Å²) in [6.45, 7) is 2.82. The van der Waals surface area contributed by atoms with E-state index >= 15 is 0 Å². The minimum absolute atomic E-state index is 0.212. The number of thiocarbonyl (C=S) groups is 1. The second-order valence-corrected chi connectivity index (χ2v) is 3.77. The average molecular weight is 248 g/mol. The van der Waals surface area contributed by atoms with Gasteiger partial charge in [-0.05, 0) is 6.92 Å². The molecule has 7 heteroatoms. The lowest BCUT2D eigenvalue weighted by Gasteiger charge is -2.06. The fourth-order valence-electron chi connectivity index (χ4n) is 1.35. The maximum Gasteiger partial charge on any atom is 0.159 e. The highest BCUT2D eigenvalue weighted by molar-refractivity contribution is 7.80. The van der Waals surface area contributed by atoms with Crippen molar-refractivity contribution in [2.45, 2.75) is 13.5 Å². The molecule has 2 aromatic heterocycles. The lowest BCUT2D eigenvalue weighted by atomic mass is 10.4. The normalized spacial score (nSPS) is 10.2. The maximum atomic E-state index is 5.57. The van der Waals surface area contributed by atoms with E-state index in [-0.39, 0.29) is 4.99 Å². The smallest absolute Gasteiger partial charge is 0.159 e. The number of hydrogen-bond acceptors (Lipinski definition) is 5. The lowest BCUT2D eigenvalue weighted by molar-refractivity contribution is 0.660. The van der Waals surface area contributed by atoms with Gasteiger partial charge in [0.05, 0.1) is 11.9 Å². The average Bonchev–Trinajstić information content (AvgIpc) is 2.77. The zero-order valence-corrected chi connectivity index (χ0v) is 10.1. The predicted octanol–water partition coefficient (Wildman–Crippen LogP) is 1.07. The molecule has 2 heterocycles. The molecule has 0 atom stereocenters. The van der Waals surface area contributed by atoms with Gasteiger partial charge in [0.15, 0.2) is 5.82 Å². The Morgan fingerprint density at radius 1 is 1.47 bits per heavy atom. The molecular formula is C10H12N6S. The predicted molar refractivity (Wildman–Crippen MR) is 69.1 cm³/mol. The molecule has 0 radical (unpaired) electrons. The van der Waals surface area contributed by atoms with Crippen LogP contribution < -0.4 is 11.1 Å². The zero-order valence-electron chi connectivity index (χ0n) is 9.29. The highest BCUT2D eigenvalue weighted by Gasteiger charge is 2.08. The van der Waals surface area contributed by atoms with Gasteiger partial charge in [-0.2, -0.15) is 5.10 Å². The van der Waals surface area contributed by atoms with Crippen molar-refractivity contribution in [1.29, 1.82) is 0 Å². The largest absolute Gasteiger partial charge is 0.388 e. The van der Waals surface area contributed by atoms with Crippen LogP contribution in [-0.4, -0.2) is 24.7 Å². The van der Waals surface area contributed by atoms with Crippen molar-refractivity contribution in [1.82, 2.24) is 19.7 Å². The van der Waals surface area contributed by atoms with Crippen molar-refractivity contribution in [2.75, 3.05) is 5.32 Å². The summed E-state index contributed by atoms with van der Waals surface area (Å²) in [6.07, 6.45) is 6.71. The van der Waals surface area contributed by atoms with Gasteiger partial charge in [0, 0.05) is 25.1 Å². The van der Waals surface area contributed by atoms with Crippen molar-refractivity contribution in [2.24, 2.45) is 5.73 Å². The van der Waals surface area contributed by atoms with Crippen molar-refractivity contribution >= 4 is 28.7 Å². The van der Waals surface area contributed by atoms with Crippen LogP contribution in [0, 0.1) is 0 Å². The molecule has 0 spiro atoms. The molecule has 2 aromatic rings. The fourth-order valence-corrected chi connectivity index (χ4v) is 1.50. The molecule has 0 saturated carbocycles. The first-order chi connectivity index (χ1) is 8.20. The van der Waals surface area contributed by atoms with E-state index in [0.717, 1.165) is 12.2 Å². The topological polar surface area (TPSA) is 81.7 Å². The third-order valence-corrected chi connectivity index (χ3v) is 2.34. The van der Waals surface area contributed by atoms with E-state index in [2.05, 4.69) is 20.4 Å². The van der Waals surface area contributed by atoms with E-state index in [1.807, 2.05) is 13.1 Å². The van der Waals surface area contributed by atoms with Crippen molar-refractivity contribution < 1.29 is 0 Å². The molecule has 0 amide bonds. The highest BCUT2D eigenvalue weighted by atomic mass is 32.1. The molecule has 88 valence electrons. The van der Waals surface area contributed by atoms with E-state index < -0.39 is 0 Å². The van der Waals surface area contributed by atoms with Gasteiger partial charge in [-0.1, -0.05) is 12.2 Å². The first-order valence-corrected chi connectivity index (χ1v) is 5.52. The van der Waals surface area contributed by atoms with Gasteiger partial charge in [0.2, 0.25) is 0 Å². The van der Waals surface area contributed by atoms with E-state index in [4.69, 9.17) is 18.0 Å². The Kier molecular flexibility index (Phi) is 3.29. The summed E-state index contributed by atoms with van der Waals surface area (Å²) in [5.41, 5.74) is 6.87. The molecule has 2 rings (SSSR count). The quantitative estimate of drug-likeness (QED) is 0.788. The minimum atomic E-state index is 0.212. The van der Waals surface area contributed by atoms with Crippen LogP contribution in [0.4, 0.5) is 11.5 Å². The van der Waals surface area contributed by atoms with Gasteiger partial charge in [-0.25, -0.2) is 9.97 Å². The first-order valence-electron chi connectivity index (χ1n) is 5.11. The molecule has 17 heavy (non-hydrogen) atoms. The molecule has 0 aromatic carbocycles. The van der Waals surface area contributed by atoms with Crippen LogP contribution in [0.2, 0.25) is 0 Å². The molecule has 0 fully saturated rings. The number of hydrogen-bond donors (Lipinski definition) is 2. The summed E-state index contributed by atoms with van der Waals surface area (Å²) in [5, 5.41) is 7.23. The van der Waals surface area contributed by atoms with Gasteiger partial charge in [-0.3, -0.25) is 4.68 Å². The Bertz CT molecular complexity index is 535. The molecule has 6 nitrogen and oxygen atoms in total. The van der Waals surface area contributed by atoms with E-state index in [0.29, 0.717) is 11.5 Å². The molecule has 0 saturated heterocycles. The SMILES string of the molecule is CCn1cc(Nc2nccnc2C(N)=S)cn1. The summed E-state index contributed by atoms with van der Waals surface area (Å²) in [7, 11) is 0. The van der Waals surface area contributed by atoms with Crippen molar-refractivity contribution in [3.63, 3.8) is 0 Å². The van der Waals surface area contributed by atoms with Crippen LogP contribution >= 0.6 is 12.2 Å². The summed E-state index contributed by atoms with van der Waals surface area (Å²) in [6, 6.07) is 0. The monoisotopic (exact) mass is 248 g/mol. The minimum Gasteiger partial charge on any atom is -0.388 e. The van der Waals surface area contributed by atoms with E-state index in [9.17, 15) is 0 Å². The number of aromatic nitrogens is 4. The Morgan fingerprint density at radius 3 is 2.88 bits per heavy atom. The summed E-state index contributed by atoms with van der Waals surface area (Å²) >= 11 is 4.91. The molecule has 0 aliphatic heterocycles. The maximum absolute atomic E-state index is 5.57. The van der Waals surface area contributed by atoms with E-state index in [1.54, 1.807) is 23.3 Å². The molecule has 0 bridgehead atoms. The molecular weight excluding hydrogens is 236 g/mol. The second kappa shape index (κ2) is 4.88. The molecule has 0 unspecified atom stereocenters. The highest BCUT2D eigenvalue weighted by Crippen LogP contribution is 2.15. The second-order valence-electron chi connectivity index (χ2n) is 3.33. The Labute approximate surface area is 104 Å². The Morgan fingerprint density at radius 2 is 2.24 bits per heavy atom. The van der Waals surface area contributed by atoms with Crippen molar-refractivity contribution in [3.8, 4) is 0 Å². The van der Waals surface area contributed by atoms with Gasteiger partial charge >= 0.3 is 0 Å². The van der Waals surface area contributed by atoms with Crippen LogP contribution in [0.1, 0.15) is 12.6 Å². The summed E-state index contributed by atoms with van der Waals surface area (Å²) in [5.74, 6) is 0.538. The zero-order chi connectivity index (χ0) is 12.3. The summed E-state index contributed by atoms with van der Waals surface area (Å²) < 4.78 is 1.80. The number of nitrogens with zero attached hydrogens (tertiary/aromatic N) is 4. The fraction of sp³-hybridized carbons (Fsp3) is 0.200. The van der Waals surface area contributed by atoms with Crippen LogP contribution in [0.3, 0.4) is 0 Å². The Balaban J connectivity index is 2.26. The van der Waals surface area contributed by atoms with Gasteiger partial charge in [-0.15, -0.1) is 0 Å². The number of nitrogens with two attached hydrogens (primary N) is 1. The summed E-state index contributed by atoms with van der Waals surface area (Å²) in [4.78, 5) is 8.45. The third kappa shape index (κ3) is 2.56. The number of aryl methyl sites for hydroxylation is 1. The molecule has 3 N–H and O–H groups in total. The van der Waals surface area contributed by atoms with Crippen LogP contribution in [0.5, 0.6) is 0 Å². The van der Waals surface area contributed by atoms with Crippen LogP contribution in [0.25, 0.3) is 0 Å². The number of anilines is 2. The third-order valence-electron chi connectivity index (χ3n) is 2.15. The van der Waals surface area contributed by atoms with Crippen molar-refractivity contribution in [3.05, 3.63) is 30.5 Å². The first kappa shape index (κ1) is 11.5. The standard InChI is InChI=1S/C10H12N6S/c1-2-16-6-7(5-14-16)15-10-8(9(11)17)12-3-4-13-10/h3-6H,2H2,1H3,(H2,11,17)(H,13,15). The van der Waals surface area contributed by atoms with Crippen LogP contribution in [-0.2, 0) is 6.54 Å². The number of nitrogens with one attached hydrogen (secondary N) is 1. The van der Waals surface area contributed by atoms with Crippen LogP contribution in [0.15, 0.2) is 24.8 Å². The molecule has 0 aliphatic rings. The molecule has 0 aliphatic carbocycles. The number of rotatable bonds is 4. The van der Waals surface area contributed by atoms with Gasteiger partial charge < -0.3 is 11.1 Å². The van der Waals surface area contributed by atoms with Gasteiger partial charge in [0.25, 0.3) is 0 Å². The van der Waals surface area contributed by atoms with Gasteiger partial charge in [0.1, 0.15) is 10.7 Å². The lowest BCUT2D eigenvalue weighted by Crippen LogP contribution is -2.14.